The summed E-state index contributed by atoms with van der Waals surface area (Å²) in [5, 5.41) is 8.11. The van der Waals surface area contributed by atoms with Crippen molar-refractivity contribution in [3.63, 3.8) is 0 Å². The number of aryl methyl sites for hydroxylation is 1. The van der Waals surface area contributed by atoms with Crippen molar-refractivity contribution in [3.05, 3.63) is 94.6 Å². The maximum absolute atomic E-state index is 12.6. The summed E-state index contributed by atoms with van der Waals surface area (Å²) in [7, 11) is 1.64. The lowest BCUT2D eigenvalue weighted by Gasteiger charge is -2.22. The van der Waals surface area contributed by atoms with E-state index in [1.54, 1.807) is 19.0 Å². The number of amides is 1. The highest BCUT2D eigenvalue weighted by Crippen LogP contribution is 2.41. The summed E-state index contributed by atoms with van der Waals surface area (Å²) >= 11 is 6.19. The third-order valence-electron chi connectivity index (χ3n) is 6.23. The molecule has 1 aliphatic rings. The molecular weight excluding hydrogens is 446 g/mol. The van der Waals surface area contributed by atoms with E-state index in [1.165, 1.54) is 0 Å². The standard InChI is InChI=1S/C28H24ClN3O2/c1-17-27(24-16-25(32(31-24)18(2)33)22-9-5-7-11-26(22)34-3)28(19-12-14-20(29)15-13-19)21-8-4-6-10-23(21)30-17/h4-15,25H,16H2,1-3H3/t25-/m1/s1. The molecule has 0 radical (unpaired) electrons. The van der Waals surface area contributed by atoms with Crippen molar-refractivity contribution in [1.82, 2.24) is 9.99 Å². The molecular formula is C28H24ClN3O2. The molecule has 0 bridgehead atoms. The van der Waals surface area contributed by atoms with E-state index in [0.717, 1.165) is 50.3 Å². The van der Waals surface area contributed by atoms with Gasteiger partial charge in [0.25, 0.3) is 0 Å². The van der Waals surface area contributed by atoms with Gasteiger partial charge >= 0.3 is 0 Å². The number of methoxy groups -OCH3 is 1. The second kappa shape index (κ2) is 8.92. The van der Waals surface area contributed by atoms with Crippen LogP contribution in [0.2, 0.25) is 5.02 Å². The SMILES string of the molecule is COc1ccccc1[C@H]1CC(c2c(C)nc3ccccc3c2-c2ccc(Cl)cc2)=NN1C(C)=O. The van der Waals surface area contributed by atoms with E-state index in [-0.39, 0.29) is 11.9 Å². The molecule has 5 nitrogen and oxygen atoms in total. The number of aromatic nitrogens is 1. The number of para-hydroxylation sites is 2. The Morgan fingerprint density at radius 3 is 2.44 bits per heavy atom. The Hall–Kier alpha value is -3.70. The number of benzene rings is 3. The molecule has 170 valence electrons. The van der Waals surface area contributed by atoms with Crippen LogP contribution in [0.25, 0.3) is 22.0 Å². The predicted octanol–water partition coefficient (Wildman–Crippen LogP) is 6.57. The number of nitrogens with zero attached hydrogens (tertiary/aromatic N) is 3. The van der Waals surface area contributed by atoms with E-state index in [4.69, 9.17) is 26.4 Å². The highest BCUT2D eigenvalue weighted by atomic mass is 35.5. The van der Waals surface area contributed by atoms with E-state index in [2.05, 4.69) is 6.07 Å². The third-order valence-corrected chi connectivity index (χ3v) is 6.48. The lowest BCUT2D eigenvalue weighted by molar-refractivity contribution is -0.130. The molecule has 5 rings (SSSR count). The molecule has 6 heteroatoms. The number of fused-ring (bicyclic) bond motifs is 1. The number of hydrogen-bond donors (Lipinski definition) is 0. The van der Waals surface area contributed by atoms with Crippen LogP contribution < -0.4 is 4.74 Å². The molecule has 4 aromatic rings. The first-order valence-electron chi connectivity index (χ1n) is 11.1. The van der Waals surface area contributed by atoms with Crippen molar-refractivity contribution in [2.75, 3.05) is 7.11 Å². The Labute approximate surface area is 203 Å². The summed E-state index contributed by atoms with van der Waals surface area (Å²) in [5.74, 6) is 0.617. The molecule has 2 heterocycles. The molecule has 0 spiro atoms. The Morgan fingerprint density at radius 2 is 1.71 bits per heavy atom. The maximum atomic E-state index is 12.6. The van der Waals surface area contributed by atoms with Gasteiger partial charge in [-0.05, 0) is 36.8 Å². The van der Waals surface area contributed by atoms with E-state index < -0.39 is 0 Å². The van der Waals surface area contributed by atoms with Gasteiger partial charge in [-0.2, -0.15) is 5.10 Å². The Balaban J connectivity index is 1.72. The molecule has 0 N–H and O–H groups in total. The molecule has 1 aliphatic heterocycles. The fraction of sp³-hybridized carbons (Fsp3) is 0.179. The predicted molar refractivity (Wildman–Crippen MR) is 136 cm³/mol. The number of ether oxygens (including phenoxy) is 1. The monoisotopic (exact) mass is 469 g/mol. The Morgan fingerprint density at radius 1 is 1.00 bits per heavy atom. The number of hydrazone groups is 1. The smallest absolute Gasteiger partial charge is 0.240 e. The first-order valence-corrected chi connectivity index (χ1v) is 11.5. The minimum atomic E-state index is -0.257. The highest BCUT2D eigenvalue weighted by molar-refractivity contribution is 6.30. The van der Waals surface area contributed by atoms with Crippen molar-refractivity contribution < 1.29 is 9.53 Å². The van der Waals surface area contributed by atoms with Crippen molar-refractivity contribution in [2.24, 2.45) is 5.10 Å². The molecule has 0 fully saturated rings. The minimum absolute atomic E-state index is 0.120. The Kier molecular flexibility index (Phi) is 5.80. The Bertz CT molecular complexity index is 1430. The molecule has 0 saturated heterocycles. The topological polar surface area (TPSA) is 54.8 Å². The first kappa shape index (κ1) is 22.1. The molecule has 0 aliphatic carbocycles. The largest absolute Gasteiger partial charge is 0.496 e. The highest BCUT2D eigenvalue weighted by Gasteiger charge is 2.35. The molecule has 34 heavy (non-hydrogen) atoms. The third kappa shape index (κ3) is 3.82. The van der Waals surface area contributed by atoms with Gasteiger partial charge in [-0.25, -0.2) is 5.01 Å². The van der Waals surface area contributed by atoms with Crippen LogP contribution in [-0.2, 0) is 4.79 Å². The fourth-order valence-corrected chi connectivity index (χ4v) is 4.87. The molecule has 1 aromatic heterocycles. The van der Waals surface area contributed by atoms with Crippen LogP contribution in [0, 0.1) is 6.92 Å². The number of carbonyl (C=O) groups is 1. The van der Waals surface area contributed by atoms with Crippen molar-refractivity contribution in [2.45, 2.75) is 26.3 Å². The van der Waals surface area contributed by atoms with E-state index in [1.807, 2.05) is 73.7 Å². The van der Waals surface area contributed by atoms with Gasteiger partial charge in [0.2, 0.25) is 5.91 Å². The van der Waals surface area contributed by atoms with Crippen molar-refractivity contribution in [1.29, 1.82) is 0 Å². The average Bonchev–Trinajstić information content (AvgIpc) is 3.29. The molecule has 3 aromatic carbocycles. The second-order valence-corrected chi connectivity index (χ2v) is 8.78. The zero-order chi connectivity index (χ0) is 23.8. The van der Waals surface area contributed by atoms with Gasteiger partial charge in [-0.3, -0.25) is 9.78 Å². The van der Waals surface area contributed by atoms with Crippen LogP contribution in [0.5, 0.6) is 5.75 Å². The summed E-state index contributed by atoms with van der Waals surface area (Å²) in [6.07, 6.45) is 0.557. The normalized spacial score (nSPS) is 15.5. The first-order chi connectivity index (χ1) is 16.5. The van der Waals surface area contributed by atoms with Gasteiger partial charge in [0.05, 0.1) is 24.4 Å². The number of halogens is 1. The molecule has 1 atom stereocenters. The van der Waals surface area contributed by atoms with Crippen LogP contribution in [-0.4, -0.2) is 28.7 Å². The van der Waals surface area contributed by atoms with Crippen molar-refractivity contribution in [3.8, 4) is 16.9 Å². The quantitative estimate of drug-likeness (QED) is 0.339. The summed E-state index contributed by atoms with van der Waals surface area (Å²) in [6.45, 7) is 3.54. The summed E-state index contributed by atoms with van der Waals surface area (Å²) < 4.78 is 5.60. The van der Waals surface area contributed by atoms with Crippen LogP contribution in [0.3, 0.4) is 0 Å². The lowest BCUT2D eigenvalue weighted by atomic mass is 9.89. The number of carbonyl (C=O) groups excluding carboxylic acids is 1. The van der Waals surface area contributed by atoms with Crippen LogP contribution in [0.1, 0.15) is 36.2 Å². The van der Waals surface area contributed by atoms with E-state index >= 15 is 0 Å². The van der Waals surface area contributed by atoms with Gasteiger partial charge < -0.3 is 4.74 Å². The van der Waals surface area contributed by atoms with Crippen molar-refractivity contribution >= 4 is 34.1 Å². The average molecular weight is 470 g/mol. The van der Waals surface area contributed by atoms with Gasteiger partial charge in [-0.15, -0.1) is 0 Å². The van der Waals surface area contributed by atoms with Crippen LogP contribution in [0.4, 0.5) is 0 Å². The van der Waals surface area contributed by atoms with Gasteiger partial charge in [0.15, 0.2) is 0 Å². The zero-order valence-corrected chi connectivity index (χ0v) is 20.0. The summed E-state index contributed by atoms with van der Waals surface area (Å²) in [6, 6.07) is 23.4. The number of hydrogen-bond acceptors (Lipinski definition) is 4. The second-order valence-electron chi connectivity index (χ2n) is 8.34. The van der Waals surface area contributed by atoms with Gasteiger partial charge in [-0.1, -0.05) is 60.1 Å². The van der Waals surface area contributed by atoms with E-state index in [9.17, 15) is 4.79 Å². The number of rotatable bonds is 4. The number of pyridine rings is 1. The zero-order valence-electron chi connectivity index (χ0n) is 19.2. The van der Waals surface area contributed by atoms with E-state index in [0.29, 0.717) is 11.4 Å². The van der Waals surface area contributed by atoms with Gasteiger partial charge in [0, 0.05) is 46.1 Å². The van der Waals surface area contributed by atoms with Crippen LogP contribution >= 0.6 is 11.6 Å². The molecule has 1 amide bonds. The summed E-state index contributed by atoms with van der Waals surface area (Å²) in [5.41, 5.74) is 6.56. The fourth-order valence-electron chi connectivity index (χ4n) is 4.74. The minimum Gasteiger partial charge on any atom is -0.496 e. The molecule has 0 unspecified atom stereocenters. The molecule has 0 saturated carbocycles. The van der Waals surface area contributed by atoms with Gasteiger partial charge in [0.1, 0.15) is 5.75 Å². The maximum Gasteiger partial charge on any atom is 0.240 e. The lowest BCUT2D eigenvalue weighted by Crippen LogP contribution is -2.24. The van der Waals surface area contributed by atoms with Crippen LogP contribution in [0.15, 0.2) is 77.9 Å². The summed E-state index contributed by atoms with van der Waals surface area (Å²) in [4.78, 5) is 17.5.